The van der Waals surface area contributed by atoms with E-state index in [4.69, 9.17) is 4.42 Å². The maximum absolute atomic E-state index is 12.3. The molecule has 0 unspecified atom stereocenters. The lowest BCUT2D eigenvalue weighted by Gasteiger charge is -2.18. The number of amides is 1. The first kappa shape index (κ1) is 20.0. The minimum atomic E-state index is -0.489. The van der Waals surface area contributed by atoms with Crippen molar-refractivity contribution >= 4 is 16.9 Å². The van der Waals surface area contributed by atoms with Gasteiger partial charge in [-0.15, -0.1) is 0 Å². The lowest BCUT2D eigenvalue weighted by atomic mass is 10.00. The van der Waals surface area contributed by atoms with E-state index in [1.165, 1.54) is 0 Å². The molecule has 1 aromatic heterocycles. The molecule has 142 valence electrons. The van der Waals surface area contributed by atoms with Crippen LogP contribution >= 0.6 is 0 Å². The Labute approximate surface area is 152 Å². The molecule has 0 spiro atoms. The number of carbonyl (C=O) groups is 1. The van der Waals surface area contributed by atoms with Crippen LogP contribution in [0, 0.1) is 19.8 Å². The Hall–Kier alpha value is -2.34. The first-order chi connectivity index (χ1) is 12.2. The number of aryl methyl sites for hydroxylation is 2. The molecule has 0 radical (unpaired) electrons. The number of benzene rings is 1. The topological polar surface area (TPSA) is 99.8 Å². The van der Waals surface area contributed by atoms with Gasteiger partial charge in [0.2, 0.25) is 5.91 Å². The lowest BCUT2D eigenvalue weighted by Crippen LogP contribution is -2.38. The minimum absolute atomic E-state index is 0.0763. The van der Waals surface area contributed by atoms with Gasteiger partial charge in [0.05, 0.1) is 12.6 Å². The van der Waals surface area contributed by atoms with Gasteiger partial charge in [0.15, 0.2) is 0 Å². The molecule has 0 aliphatic carbocycles. The molecule has 0 saturated heterocycles. The lowest BCUT2D eigenvalue weighted by molar-refractivity contribution is -0.122. The third-order valence-corrected chi connectivity index (χ3v) is 4.62. The molecular weight excluding hydrogens is 334 g/mol. The van der Waals surface area contributed by atoms with Crippen LogP contribution in [0.1, 0.15) is 43.4 Å². The van der Waals surface area contributed by atoms with Crippen LogP contribution in [-0.2, 0) is 11.2 Å². The summed E-state index contributed by atoms with van der Waals surface area (Å²) in [6.45, 7) is 7.45. The summed E-state index contributed by atoms with van der Waals surface area (Å²) in [6, 6.07) is 3.00. The Balaban J connectivity index is 2.17. The van der Waals surface area contributed by atoms with Crippen molar-refractivity contribution in [2.45, 2.75) is 53.0 Å². The summed E-state index contributed by atoms with van der Waals surface area (Å²) in [5, 5.41) is 22.7. The molecule has 0 saturated carbocycles. The number of fused-ring (bicyclic) bond motifs is 1. The predicted molar refractivity (Wildman–Crippen MR) is 100 cm³/mol. The minimum Gasteiger partial charge on any atom is -0.508 e. The summed E-state index contributed by atoms with van der Waals surface area (Å²) in [6.07, 6.45) is 1.10. The van der Waals surface area contributed by atoms with E-state index < -0.39 is 5.63 Å². The summed E-state index contributed by atoms with van der Waals surface area (Å²) in [4.78, 5) is 24.5. The number of hydrogen-bond donors (Lipinski definition) is 3. The molecule has 3 N–H and O–H groups in total. The Morgan fingerprint density at radius 3 is 2.54 bits per heavy atom. The van der Waals surface area contributed by atoms with Gasteiger partial charge in [0.1, 0.15) is 11.3 Å². The van der Waals surface area contributed by atoms with Crippen molar-refractivity contribution in [3.05, 3.63) is 39.2 Å². The predicted octanol–water partition coefficient (Wildman–Crippen LogP) is 2.57. The van der Waals surface area contributed by atoms with Gasteiger partial charge in [-0.2, -0.15) is 0 Å². The van der Waals surface area contributed by atoms with Crippen LogP contribution in [0.25, 0.3) is 11.0 Å². The Morgan fingerprint density at radius 1 is 1.23 bits per heavy atom. The third-order valence-electron chi connectivity index (χ3n) is 4.62. The van der Waals surface area contributed by atoms with Gasteiger partial charge in [-0.05, 0) is 50.3 Å². The smallest absolute Gasteiger partial charge is 0.339 e. The van der Waals surface area contributed by atoms with Crippen molar-refractivity contribution in [3.63, 3.8) is 0 Å². The molecule has 6 nitrogen and oxygen atoms in total. The maximum Gasteiger partial charge on any atom is 0.339 e. The van der Waals surface area contributed by atoms with E-state index in [-0.39, 0.29) is 37.1 Å². The normalized spacial score (nSPS) is 12.5. The van der Waals surface area contributed by atoms with Gasteiger partial charge in [0, 0.05) is 22.9 Å². The number of aliphatic hydroxyl groups excluding tert-OH is 1. The number of rotatable bonds is 7. The van der Waals surface area contributed by atoms with Crippen LogP contribution in [0.15, 0.2) is 21.3 Å². The highest BCUT2D eigenvalue weighted by Gasteiger charge is 2.17. The van der Waals surface area contributed by atoms with Crippen LogP contribution in [0.3, 0.4) is 0 Å². The van der Waals surface area contributed by atoms with Gasteiger partial charge < -0.3 is 19.9 Å². The summed E-state index contributed by atoms with van der Waals surface area (Å²) in [7, 11) is 0. The van der Waals surface area contributed by atoms with Crippen LogP contribution in [-0.4, -0.2) is 28.8 Å². The van der Waals surface area contributed by atoms with E-state index in [9.17, 15) is 19.8 Å². The second-order valence-corrected chi connectivity index (χ2v) is 7.16. The van der Waals surface area contributed by atoms with Gasteiger partial charge in [-0.1, -0.05) is 13.8 Å². The van der Waals surface area contributed by atoms with E-state index in [1.807, 2.05) is 20.8 Å². The number of phenolic OH excluding ortho intramolecular Hbond substituents is 1. The van der Waals surface area contributed by atoms with E-state index in [0.29, 0.717) is 29.0 Å². The molecule has 26 heavy (non-hydrogen) atoms. The van der Waals surface area contributed by atoms with E-state index in [2.05, 4.69) is 5.32 Å². The van der Waals surface area contributed by atoms with E-state index in [0.717, 1.165) is 10.9 Å². The van der Waals surface area contributed by atoms with Crippen molar-refractivity contribution in [1.82, 2.24) is 5.32 Å². The van der Waals surface area contributed by atoms with Gasteiger partial charge in [-0.25, -0.2) is 4.79 Å². The Bertz CT molecular complexity index is 853. The second kappa shape index (κ2) is 8.36. The second-order valence-electron chi connectivity index (χ2n) is 7.16. The summed E-state index contributed by atoms with van der Waals surface area (Å²) in [5.41, 5.74) is 1.62. The van der Waals surface area contributed by atoms with E-state index >= 15 is 0 Å². The zero-order valence-corrected chi connectivity index (χ0v) is 15.8. The molecule has 6 heteroatoms. The molecule has 1 amide bonds. The average molecular weight is 361 g/mol. The zero-order chi connectivity index (χ0) is 19.4. The van der Waals surface area contributed by atoms with Crippen molar-refractivity contribution in [2.75, 3.05) is 6.61 Å². The Morgan fingerprint density at radius 2 is 1.92 bits per heavy atom. The monoisotopic (exact) mass is 361 g/mol. The van der Waals surface area contributed by atoms with Crippen LogP contribution < -0.4 is 10.9 Å². The molecule has 0 bridgehead atoms. The molecular formula is C20H27NO5. The summed E-state index contributed by atoms with van der Waals surface area (Å²) in [5.74, 6) is 0.236. The third kappa shape index (κ3) is 4.43. The number of phenols is 1. The van der Waals surface area contributed by atoms with Crippen molar-refractivity contribution in [3.8, 4) is 5.75 Å². The molecule has 0 aliphatic rings. The van der Waals surface area contributed by atoms with Crippen LogP contribution in [0.4, 0.5) is 0 Å². The standard InChI is InChI=1S/C20H27NO5/c1-11(2)9-14(10-22)21-18(24)8-6-16-12(3)15-5-7-17(23)13(4)19(15)26-20(16)25/h5,7,11,14,22-23H,6,8-10H2,1-4H3,(H,21,24)/t14-/m0/s1. The fourth-order valence-corrected chi connectivity index (χ4v) is 3.15. The molecule has 1 heterocycles. The first-order valence-electron chi connectivity index (χ1n) is 8.89. The van der Waals surface area contributed by atoms with Crippen LogP contribution in [0.2, 0.25) is 0 Å². The molecule has 2 rings (SSSR count). The SMILES string of the molecule is Cc1c(CCC(=O)N[C@H](CO)CC(C)C)c(=O)oc2c(C)c(O)ccc12. The molecule has 2 aromatic rings. The molecule has 1 aromatic carbocycles. The number of aliphatic hydroxyl groups is 1. The first-order valence-corrected chi connectivity index (χ1v) is 8.89. The number of nitrogens with one attached hydrogen (secondary N) is 1. The number of carbonyl (C=O) groups excluding carboxylic acids is 1. The highest BCUT2D eigenvalue weighted by molar-refractivity contribution is 5.85. The zero-order valence-electron chi connectivity index (χ0n) is 15.8. The Kier molecular flexibility index (Phi) is 6.42. The summed E-state index contributed by atoms with van der Waals surface area (Å²) < 4.78 is 5.39. The van der Waals surface area contributed by atoms with Crippen LogP contribution in [0.5, 0.6) is 5.75 Å². The molecule has 0 fully saturated rings. The maximum atomic E-state index is 12.3. The van der Waals surface area contributed by atoms with Gasteiger partial charge in [-0.3, -0.25) is 4.79 Å². The number of aromatic hydroxyl groups is 1. The fraction of sp³-hybridized carbons (Fsp3) is 0.500. The quantitative estimate of drug-likeness (QED) is 0.658. The highest BCUT2D eigenvalue weighted by atomic mass is 16.4. The van der Waals surface area contributed by atoms with Crippen molar-refractivity contribution < 1.29 is 19.4 Å². The van der Waals surface area contributed by atoms with Gasteiger partial charge in [0.25, 0.3) is 0 Å². The van der Waals surface area contributed by atoms with E-state index in [1.54, 1.807) is 19.1 Å². The van der Waals surface area contributed by atoms with Gasteiger partial charge >= 0.3 is 5.63 Å². The average Bonchev–Trinajstić information content (AvgIpc) is 2.57. The summed E-state index contributed by atoms with van der Waals surface area (Å²) >= 11 is 0. The van der Waals surface area contributed by atoms with Crippen molar-refractivity contribution in [2.24, 2.45) is 5.92 Å². The molecule has 0 aliphatic heterocycles. The van der Waals surface area contributed by atoms with Crippen molar-refractivity contribution in [1.29, 1.82) is 0 Å². The number of hydrogen-bond acceptors (Lipinski definition) is 5. The highest BCUT2D eigenvalue weighted by Crippen LogP contribution is 2.28. The fourth-order valence-electron chi connectivity index (χ4n) is 3.15. The molecule has 1 atom stereocenters. The largest absolute Gasteiger partial charge is 0.508 e.